The summed E-state index contributed by atoms with van der Waals surface area (Å²) in [6.07, 6.45) is 0.0145. The summed E-state index contributed by atoms with van der Waals surface area (Å²) in [4.78, 5) is 17.0. The maximum atomic E-state index is 12.7. The predicted molar refractivity (Wildman–Crippen MR) is 110 cm³/mol. The van der Waals surface area contributed by atoms with Gasteiger partial charge in [0.25, 0.3) is 10.0 Å². The van der Waals surface area contributed by atoms with Gasteiger partial charge in [-0.25, -0.2) is 13.4 Å². The Morgan fingerprint density at radius 3 is 2.96 bits per heavy atom. The second-order valence-corrected chi connectivity index (χ2v) is 9.92. The van der Waals surface area contributed by atoms with E-state index in [-0.39, 0.29) is 28.3 Å². The average Bonchev–Trinajstić information content (AvgIpc) is 3.03. The molecule has 0 unspecified atom stereocenters. The van der Waals surface area contributed by atoms with Crippen LogP contribution in [0, 0.1) is 6.92 Å². The third-order valence-electron chi connectivity index (χ3n) is 4.57. The van der Waals surface area contributed by atoms with Crippen LogP contribution < -0.4 is 10.0 Å². The number of carbonyl (C=O) groups excluding carboxylic acids is 1. The van der Waals surface area contributed by atoms with E-state index in [2.05, 4.69) is 15.0 Å². The number of nitrogens with zero attached hydrogens (tertiary/aromatic N) is 1. The highest BCUT2D eigenvalue weighted by molar-refractivity contribution is 7.93. The van der Waals surface area contributed by atoms with Gasteiger partial charge in [0.2, 0.25) is 0 Å². The SMILES string of the molecule is Cc1c(Cl)cccc1S(=O)(=O)Nc1nc(CC(=O)[C@@]2(C)CNC[C@H](C)O2)cs1. The minimum atomic E-state index is -3.83. The molecule has 0 radical (unpaired) electrons. The smallest absolute Gasteiger partial charge is 0.263 e. The van der Waals surface area contributed by atoms with E-state index in [1.165, 1.54) is 6.07 Å². The Kier molecular flexibility index (Phi) is 6.11. The van der Waals surface area contributed by atoms with E-state index in [1.807, 2.05) is 6.92 Å². The molecule has 0 aliphatic carbocycles. The Hall–Kier alpha value is -1.52. The van der Waals surface area contributed by atoms with E-state index in [0.29, 0.717) is 29.4 Å². The molecule has 1 saturated heterocycles. The van der Waals surface area contributed by atoms with Gasteiger partial charge >= 0.3 is 0 Å². The summed E-state index contributed by atoms with van der Waals surface area (Å²) in [5.41, 5.74) is 0.0463. The fourth-order valence-corrected chi connectivity index (χ4v) is 5.50. The minimum Gasteiger partial charge on any atom is -0.362 e. The van der Waals surface area contributed by atoms with Crippen molar-refractivity contribution in [1.82, 2.24) is 10.3 Å². The number of thiazole rings is 1. The summed E-state index contributed by atoms with van der Waals surface area (Å²) in [5.74, 6) is -0.100. The third-order valence-corrected chi connectivity index (χ3v) is 7.40. The maximum Gasteiger partial charge on any atom is 0.263 e. The molecule has 2 heterocycles. The van der Waals surface area contributed by atoms with Gasteiger partial charge < -0.3 is 10.1 Å². The first-order valence-corrected chi connectivity index (χ1v) is 11.5. The molecule has 0 bridgehead atoms. The number of benzene rings is 1. The molecule has 1 fully saturated rings. The van der Waals surface area contributed by atoms with Gasteiger partial charge in [-0.2, -0.15) is 0 Å². The molecule has 7 nitrogen and oxygen atoms in total. The number of sulfonamides is 1. The van der Waals surface area contributed by atoms with Gasteiger partial charge in [-0.15, -0.1) is 11.3 Å². The van der Waals surface area contributed by atoms with E-state index in [9.17, 15) is 13.2 Å². The van der Waals surface area contributed by atoms with Crippen molar-refractivity contribution in [3.63, 3.8) is 0 Å². The Morgan fingerprint density at radius 2 is 2.25 bits per heavy atom. The van der Waals surface area contributed by atoms with Crippen molar-refractivity contribution in [3.05, 3.63) is 39.9 Å². The topological polar surface area (TPSA) is 97.4 Å². The Bertz CT molecular complexity index is 992. The molecule has 0 saturated carbocycles. The lowest BCUT2D eigenvalue weighted by molar-refractivity contribution is -0.153. The number of rotatable bonds is 6. The van der Waals surface area contributed by atoms with Crippen molar-refractivity contribution in [2.75, 3.05) is 17.8 Å². The first-order chi connectivity index (χ1) is 13.1. The molecule has 1 aromatic heterocycles. The van der Waals surface area contributed by atoms with Crippen molar-refractivity contribution in [2.24, 2.45) is 0 Å². The van der Waals surface area contributed by atoms with Crippen LogP contribution in [0.3, 0.4) is 0 Å². The van der Waals surface area contributed by atoms with Crippen LogP contribution in [0.2, 0.25) is 5.02 Å². The van der Waals surface area contributed by atoms with E-state index in [1.54, 1.807) is 31.4 Å². The quantitative estimate of drug-likeness (QED) is 0.712. The molecule has 1 aliphatic heterocycles. The molecule has 152 valence electrons. The Labute approximate surface area is 173 Å². The van der Waals surface area contributed by atoms with Crippen LogP contribution in [0.15, 0.2) is 28.5 Å². The number of Topliss-reactive ketones (excluding diaryl/α,β-unsaturated/α-hetero) is 1. The number of ketones is 1. The van der Waals surface area contributed by atoms with E-state index < -0.39 is 15.6 Å². The van der Waals surface area contributed by atoms with Crippen LogP contribution in [0.25, 0.3) is 0 Å². The molecular formula is C18H22ClN3O4S2. The van der Waals surface area contributed by atoms with Crippen molar-refractivity contribution in [1.29, 1.82) is 0 Å². The van der Waals surface area contributed by atoms with E-state index >= 15 is 0 Å². The first kappa shape index (κ1) is 21.2. The Balaban J connectivity index is 1.72. The second kappa shape index (κ2) is 8.08. The van der Waals surface area contributed by atoms with Crippen LogP contribution in [0.5, 0.6) is 0 Å². The summed E-state index contributed by atoms with van der Waals surface area (Å²) in [6.45, 7) is 6.45. The van der Waals surface area contributed by atoms with Gasteiger partial charge in [0.15, 0.2) is 10.9 Å². The van der Waals surface area contributed by atoms with Crippen molar-refractivity contribution in [2.45, 2.75) is 43.8 Å². The molecule has 3 rings (SSSR count). The summed E-state index contributed by atoms with van der Waals surface area (Å²) < 4.78 is 33.6. The lowest BCUT2D eigenvalue weighted by Crippen LogP contribution is -2.56. The summed E-state index contributed by atoms with van der Waals surface area (Å²) in [5, 5.41) is 5.43. The maximum absolute atomic E-state index is 12.7. The minimum absolute atomic E-state index is 0.0542. The number of morpholine rings is 1. The van der Waals surface area contributed by atoms with Crippen molar-refractivity contribution in [3.8, 4) is 0 Å². The number of hydrogen-bond acceptors (Lipinski definition) is 7. The van der Waals surface area contributed by atoms with Gasteiger partial charge in [-0.3, -0.25) is 9.52 Å². The highest BCUT2D eigenvalue weighted by atomic mass is 35.5. The number of halogens is 1. The molecular weight excluding hydrogens is 422 g/mol. The van der Waals surface area contributed by atoms with Crippen molar-refractivity contribution < 1.29 is 17.9 Å². The number of nitrogens with one attached hydrogen (secondary N) is 2. The molecule has 0 amide bonds. The van der Waals surface area contributed by atoms with E-state index in [4.69, 9.17) is 16.3 Å². The third kappa shape index (κ3) is 4.55. The van der Waals surface area contributed by atoms with Crippen LogP contribution in [0.4, 0.5) is 5.13 Å². The molecule has 2 N–H and O–H groups in total. The zero-order chi connectivity index (χ0) is 20.5. The summed E-state index contributed by atoms with van der Waals surface area (Å²) in [7, 11) is -3.83. The normalized spacial score (nSPS) is 22.8. The molecule has 10 heteroatoms. The van der Waals surface area contributed by atoms with Crippen LogP contribution in [-0.4, -0.2) is 44.0 Å². The lowest BCUT2D eigenvalue weighted by Gasteiger charge is -2.36. The Morgan fingerprint density at radius 1 is 1.50 bits per heavy atom. The second-order valence-electron chi connectivity index (χ2n) is 7.00. The highest BCUT2D eigenvalue weighted by Crippen LogP contribution is 2.27. The predicted octanol–water partition coefficient (Wildman–Crippen LogP) is 2.78. The zero-order valence-electron chi connectivity index (χ0n) is 15.8. The van der Waals surface area contributed by atoms with Gasteiger partial charge in [-0.1, -0.05) is 17.7 Å². The summed E-state index contributed by atoms with van der Waals surface area (Å²) in [6, 6.07) is 4.69. The van der Waals surface area contributed by atoms with Gasteiger partial charge in [0, 0.05) is 23.5 Å². The van der Waals surface area contributed by atoms with Crippen molar-refractivity contribution >= 4 is 43.9 Å². The van der Waals surface area contributed by atoms with Crippen LogP contribution in [-0.2, 0) is 26.0 Å². The molecule has 2 aromatic rings. The first-order valence-electron chi connectivity index (χ1n) is 8.75. The average molecular weight is 444 g/mol. The van der Waals surface area contributed by atoms with Gasteiger partial charge in [0.1, 0.15) is 5.60 Å². The summed E-state index contributed by atoms with van der Waals surface area (Å²) >= 11 is 7.15. The highest BCUT2D eigenvalue weighted by Gasteiger charge is 2.38. The largest absolute Gasteiger partial charge is 0.362 e. The molecule has 28 heavy (non-hydrogen) atoms. The number of aromatic nitrogens is 1. The standard InChI is InChI=1S/C18H22ClN3O4S2/c1-11-8-20-10-18(3,26-11)16(23)7-13-9-27-17(21-13)22-28(24,25)15-6-4-5-14(19)12(15)2/h4-6,9,11,20H,7-8,10H2,1-3H3,(H,21,22)/t11-,18+/m0/s1. The molecule has 0 spiro atoms. The zero-order valence-corrected chi connectivity index (χ0v) is 18.2. The van der Waals surface area contributed by atoms with Crippen LogP contribution in [0.1, 0.15) is 25.1 Å². The van der Waals surface area contributed by atoms with Gasteiger partial charge in [0.05, 0.1) is 23.1 Å². The molecule has 2 atom stereocenters. The number of ether oxygens (including phenoxy) is 1. The number of anilines is 1. The molecule has 1 aliphatic rings. The van der Waals surface area contributed by atoms with Gasteiger partial charge in [-0.05, 0) is 38.5 Å². The molecule has 1 aromatic carbocycles. The fraction of sp³-hybridized carbons (Fsp3) is 0.444. The fourth-order valence-electron chi connectivity index (χ4n) is 3.04. The van der Waals surface area contributed by atoms with Crippen LogP contribution >= 0.6 is 22.9 Å². The number of carbonyl (C=O) groups is 1. The van der Waals surface area contributed by atoms with E-state index in [0.717, 1.165) is 11.3 Å². The lowest BCUT2D eigenvalue weighted by atomic mass is 9.95. The monoisotopic (exact) mass is 443 g/mol. The number of hydrogen-bond donors (Lipinski definition) is 2.